The number of carbonyl (C=O) groups excluding carboxylic acids is 2. The van der Waals surface area contributed by atoms with Crippen molar-refractivity contribution >= 4 is 39.1 Å². The molecule has 1 aliphatic heterocycles. The monoisotopic (exact) mass is 410 g/mol. The van der Waals surface area contributed by atoms with E-state index in [1.54, 1.807) is 19.1 Å². The molecular weight excluding hydrogens is 384 g/mol. The lowest BCUT2D eigenvalue weighted by molar-refractivity contribution is -0.122. The van der Waals surface area contributed by atoms with Crippen LogP contribution in [0.4, 0.5) is 5.69 Å². The van der Waals surface area contributed by atoms with Gasteiger partial charge in [-0.15, -0.1) is 11.8 Å². The average Bonchev–Trinajstić information content (AvgIpc) is 2.62. The highest BCUT2D eigenvalue weighted by Gasteiger charge is 2.28. The summed E-state index contributed by atoms with van der Waals surface area (Å²) < 4.78 is 25.7. The number of hydrogen-bond acceptors (Lipinski definition) is 5. The molecular formula is C19H26N2O4S2. The molecule has 27 heavy (non-hydrogen) atoms. The van der Waals surface area contributed by atoms with Crippen LogP contribution in [0, 0.1) is 5.92 Å². The summed E-state index contributed by atoms with van der Waals surface area (Å²) in [5, 5.41) is 4.86. The highest BCUT2D eigenvalue weighted by Crippen LogP contribution is 2.34. The van der Waals surface area contributed by atoms with Gasteiger partial charge in [0.1, 0.15) is 0 Å². The Hall–Kier alpha value is -1.54. The number of anilines is 1. The third-order valence-corrected chi connectivity index (χ3v) is 8.51. The normalized spacial score (nSPS) is 23.9. The minimum atomic E-state index is -3.66. The fraction of sp³-hybridized carbons (Fsp3) is 0.579. The van der Waals surface area contributed by atoms with Crippen molar-refractivity contribution < 1.29 is 18.0 Å². The largest absolute Gasteiger partial charge is 0.353 e. The topological polar surface area (TPSA) is 92.3 Å². The molecule has 0 aromatic heterocycles. The molecule has 1 aromatic carbocycles. The lowest BCUT2D eigenvalue weighted by Crippen LogP contribution is -2.39. The SMILES string of the molecule is CC1CCC(NC(=O)C[C@@H](C)S(=O)(=O)c2ccc3c(c2)NC(=O)CS3)CC1. The average molecular weight is 411 g/mol. The lowest BCUT2D eigenvalue weighted by atomic mass is 9.87. The minimum absolute atomic E-state index is 0.0629. The quantitative estimate of drug-likeness (QED) is 0.779. The first-order valence-corrected chi connectivity index (χ1v) is 11.9. The molecule has 0 unspecified atom stereocenters. The zero-order valence-corrected chi connectivity index (χ0v) is 17.3. The highest BCUT2D eigenvalue weighted by atomic mass is 32.2. The Morgan fingerprint density at radius 1 is 1.30 bits per heavy atom. The van der Waals surface area contributed by atoms with Crippen molar-refractivity contribution in [1.29, 1.82) is 0 Å². The van der Waals surface area contributed by atoms with Gasteiger partial charge in [0.2, 0.25) is 11.8 Å². The Morgan fingerprint density at radius 3 is 2.70 bits per heavy atom. The Labute approximate surface area is 164 Å². The van der Waals surface area contributed by atoms with Crippen molar-refractivity contribution in [2.24, 2.45) is 5.92 Å². The summed E-state index contributed by atoms with van der Waals surface area (Å²) in [7, 11) is -3.66. The standard InChI is InChI=1S/C19H26N2O4S2/c1-12-3-5-14(6-4-12)20-18(22)9-13(2)27(24,25)15-7-8-17-16(10-15)21-19(23)11-26-17/h7-8,10,12-14H,3-6,9,11H2,1-2H3,(H,20,22)(H,21,23)/t12?,13-,14?/m1/s1. The first kappa shape index (κ1) is 20.2. The van der Waals surface area contributed by atoms with E-state index in [0.29, 0.717) is 17.4 Å². The van der Waals surface area contributed by atoms with Crippen molar-refractivity contribution in [2.45, 2.75) is 67.0 Å². The molecule has 3 rings (SSSR count). The van der Waals surface area contributed by atoms with Gasteiger partial charge in [0.25, 0.3) is 0 Å². The summed E-state index contributed by atoms with van der Waals surface area (Å²) in [5.41, 5.74) is 0.519. The molecule has 0 radical (unpaired) electrons. The van der Waals surface area contributed by atoms with E-state index in [-0.39, 0.29) is 29.2 Å². The highest BCUT2D eigenvalue weighted by molar-refractivity contribution is 8.00. The van der Waals surface area contributed by atoms with Crippen molar-refractivity contribution in [1.82, 2.24) is 5.32 Å². The van der Waals surface area contributed by atoms with Crippen LogP contribution >= 0.6 is 11.8 Å². The van der Waals surface area contributed by atoms with Crippen LogP contribution in [0.3, 0.4) is 0 Å². The molecule has 0 saturated heterocycles. The Bertz CT molecular complexity index is 830. The number of nitrogens with one attached hydrogen (secondary N) is 2. The first-order valence-electron chi connectivity index (χ1n) is 9.35. The van der Waals surface area contributed by atoms with Crippen molar-refractivity contribution in [2.75, 3.05) is 11.1 Å². The van der Waals surface area contributed by atoms with Crippen LogP contribution < -0.4 is 10.6 Å². The molecule has 1 heterocycles. The van der Waals surface area contributed by atoms with Crippen LogP contribution in [0.1, 0.15) is 46.0 Å². The van der Waals surface area contributed by atoms with Gasteiger partial charge in [-0.2, -0.15) is 0 Å². The molecule has 6 nitrogen and oxygen atoms in total. The lowest BCUT2D eigenvalue weighted by Gasteiger charge is -2.27. The maximum Gasteiger partial charge on any atom is 0.234 e. The van der Waals surface area contributed by atoms with Gasteiger partial charge in [-0.1, -0.05) is 6.92 Å². The van der Waals surface area contributed by atoms with E-state index >= 15 is 0 Å². The molecule has 2 aliphatic rings. The Kier molecular flexibility index (Phi) is 6.15. The maximum atomic E-state index is 12.9. The Balaban J connectivity index is 1.65. The number of hydrogen-bond donors (Lipinski definition) is 2. The van der Waals surface area contributed by atoms with E-state index in [2.05, 4.69) is 17.6 Å². The molecule has 2 N–H and O–H groups in total. The van der Waals surface area contributed by atoms with Gasteiger partial charge in [0.15, 0.2) is 9.84 Å². The molecule has 8 heteroatoms. The van der Waals surface area contributed by atoms with E-state index in [0.717, 1.165) is 30.6 Å². The first-order chi connectivity index (χ1) is 12.8. The van der Waals surface area contributed by atoms with Crippen LogP contribution in [-0.4, -0.2) is 37.3 Å². The van der Waals surface area contributed by atoms with Gasteiger partial charge >= 0.3 is 0 Å². The number of fused-ring (bicyclic) bond motifs is 1. The molecule has 1 atom stereocenters. The summed E-state index contributed by atoms with van der Waals surface area (Å²) in [6.07, 6.45) is 4.04. The van der Waals surface area contributed by atoms with Gasteiger partial charge in [-0.05, 0) is 56.7 Å². The summed E-state index contributed by atoms with van der Waals surface area (Å²) in [6.45, 7) is 3.77. The summed E-state index contributed by atoms with van der Waals surface area (Å²) in [6, 6.07) is 4.91. The number of thioether (sulfide) groups is 1. The number of sulfone groups is 1. The van der Waals surface area contributed by atoms with Crippen LogP contribution in [-0.2, 0) is 19.4 Å². The van der Waals surface area contributed by atoms with Gasteiger partial charge < -0.3 is 10.6 Å². The van der Waals surface area contributed by atoms with Crippen molar-refractivity contribution in [3.8, 4) is 0 Å². The van der Waals surface area contributed by atoms with E-state index in [4.69, 9.17) is 0 Å². The molecule has 0 bridgehead atoms. The molecule has 1 fully saturated rings. The summed E-state index contributed by atoms with van der Waals surface area (Å²) >= 11 is 1.38. The molecule has 1 saturated carbocycles. The van der Waals surface area contributed by atoms with E-state index in [1.807, 2.05) is 0 Å². The van der Waals surface area contributed by atoms with Crippen LogP contribution in [0.2, 0.25) is 0 Å². The van der Waals surface area contributed by atoms with Gasteiger partial charge in [0.05, 0.1) is 21.6 Å². The predicted molar refractivity (Wildman–Crippen MR) is 107 cm³/mol. The van der Waals surface area contributed by atoms with Crippen LogP contribution in [0.25, 0.3) is 0 Å². The smallest absolute Gasteiger partial charge is 0.234 e. The zero-order chi connectivity index (χ0) is 19.6. The Morgan fingerprint density at radius 2 is 2.00 bits per heavy atom. The summed E-state index contributed by atoms with van der Waals surface area (Å²) in [4.78, 5) is 24.8. The second kappa shape index (κ2) is 8.22. The minimum Gasteiger partial charge on any atom is -0.353 e. The third kappa shape index (κ3) is 4.85. The number of carbonyl (C=O) groups is 2. The number of amides is 2. The van der Waals surface area contributed by atoms with E-state index in [1.165, 1.54) is 17.8 Å². The maximum absolute atomic E-state index is 12.9. The molecule has 2 amide bonds. The molecule has 1 aromatic rings. The molecule has 148 valence electrons. The van der Waals surface area contributed by atoms with Crippen molar-refractivity contribution in [3.63, 3.8) is 0 Å². The second-order valence-corrected chi connectivity index (χ2v) is 11.0. The number of benzene rings is 1. The molecule has 0 spiro atoms. The van der Waals surface area contributed by atoms with Gasteiger partial charge in [0, 0.05) is 17.4 Å². The third-order valence-electron chi connectivity index (χ3n) is 5.30. The molecule has 1 aliphatic carbocycles. The van der Waals surface area contributed by atoms with Crippen LogP contribution in [0.5, 0.6) is 0 Å². The van der Waals surface area contributed by atoms with Crippen molar-refractivity contribution in [3.05, 3.63) is 18.2 Å². The summed E-state index contributed by atoms with van der Waals surface area (Å²) in [5.74, 6) is 0.666. The fourth-order valence-electron chi connectivity index (χ4n) is 3.53. The second-order valence-electron chi connectivity index (χ2n) is 7.58. The predicted octanol–water partition coefficient (Wildman–Crippen LogP) is 2.98. The fourth-order valence-corrected chi connectivity index (χ4v) is 5.70. The van der Waals surface area contributed by atoms with Crippen LogP contribution in [0.15, 0.2) is 28.0 Å². The van der Waals surface area contributed by atoms with E-state index in [9.17, 15) is 18.0 Å². The van der Waals surface area contributed by atoms with Gasteiger partial charge in [-0.25, -0.2) is 8.42 Å². The zero-order valence-electron chi connectivity index (χ0n) is 15.7. The van der Waals surface area contributed by atoms with E-state index < -0.39 is 15.1 Å². The number of rotatable bonds is 5. The van der Waals surface area contributed by atoms with Gasteiger partial charge in [-0.3, -0.25) is 9.59 Å².